The van der Waals surface area contributed by atoms with Crippen LogP contribution in [0, 0.1) is 46.5 Å². The second kappa shape index (κ2) is 12.5. The van der Waals surface area contributed by atoms with Crippen LogP contribution in [0.5, 0.6) is 0 Å². The first-order valence-electron chi connectivity index (χ1n) is 14.6. The third kappa shape index (κ3) is 6.55. The van der Waals surface area contributed by atoms with Gasteiger partial charge in [-0.1, -0.05) is 12.1 Å². The van der Waals surface area contributed by atoms with Gasteiger partial charge in [-0.3, -0.25) is 0 Å². The predicted molar refractivity (Wildman–Crippen MR) is 170 cm³/mol. The second-order valence-corrected chi connectivity index (χ2v) is 11.1. The average molecular weight is 670 g/mol. The summed E-state index contributed by atoms with van der Waals surface area (Å²) in [5.41, 5.74) is 1.31. The summed E-state index contributed by atoms with van der Waals surface area (Å²) in [6.45, 7) is 0. The van der Waals surface area contributed by atoms with Crippen molar-refractivity contribution in [3.05, 3.63) is 162 Å². The Bertz CT molecular complexity index is 2330. The predicted octanol–water partition coefficient (Wildman–Crippen LogP) is 11.2. The molecular weight excluding hydrogens is 650 g/mol. The zero-order valence-electron chi connectivity index (χ0n) is 24.8. The number of aromatic nitrogens is 2. The maximum Gasteiger partial charge on any atom is 0.160 e. The maximum atomic E-state index is 14.6. The summed E-state index contributed by atoms with van der Waals surface area (Å²) in [5, 5.41) is 0.281. The monoisotopic (exact) mass is 669 g/mol. The molecule has 1 heterocycles. The van der Waals surface area contributed by atoms with E-state index in [9.17, 15) is 35.1 Å². The molecule has 0 amide bonds. The fourth-order valence-electron chi connectivity index (χ4n) is 5.64. The van der Waals surface area contributed by atoms with Crippen LogP contribution in [-0.2, 0) is 0 Å². The molecule has 7 rings (SSSR count). The third-order valence-corrected chi connectivity index (χ3v) is 7.60. The lowest BCUT2D eigenvalue weighted by Crippen LogP contribution is -2.11. The Labute approximate surface area is 273 Å². The van der Waals surface area contributed by atoms with E-state index in [2.05, 4.69) is 9.97 Å². The lowest BCUT2D eigenvalue weighted by molar-refractivity contribution is 0.583. The Morgan fingerprint density at radius 3 is 1.43 bits per heavy atom. The summed E-state index contributed by atoms with van der Waals surface area (Å²) in [4.78, 5) is 10.4. The van der Waals surface area contributed by atoms with Crippen molar-refractivity contribution >= 4 is 28.0 Å². The van der Waals surface area contributed by atoms with Gasteiger partial charge in [-0.05, 0) is 90.0 Å². The van der Waals surface area contributed by atoms with Gasteiger partial charge in [-0.15, -0.1) is 0 Å². The number of fused-ring (bicyclic) bond motifs is 1. The van der Waals surface area contributed by atoms with Crippen molar-refractivity contribution in [1.82, 2.24) is 9.97 Å². The molecular formula is C38H19F8N3. The van der Waals surface area contributed by atoms with E-state index >= 15 is 0 Å². The van der Waals surface area contributed by atoms with Crippen LogP contribution in [0.4, 0.5) is 52.2 Å². The molecule has 242 valence electrons. The molecule has 0 atom stereocenters. The summed E-state index contributed by atoms with van der Waals surface area (Å²) in [6, 6.07) is 22.1. The molecule has 49 heavy (non-hydrogen) atoms. The number of nitrogens with zero attached hydrogens (tertiary/aromatic N) is 3. The molecule has 3 nitrogen and oxygen atoms in total. The van der Waals surface area contributed by atoms with Crippen molar-refractivity contribution in [3.63, 3.8) is 0 Å². The van der Waals surface area contributed by atoms with Crippen molar-refractivity contribution in [2.75, 3.05) is 4.90 Å². The molecule has 0 spiro atoms. The number of hydrogen-bond donors (Lipinski definition) is 0. The molecule has 0 radical (unpaired) electrons. The molecule has 0 unspecified atom stereocenters. The van der Waals surface area contributed by atoms with Crippen molar-refractivity contribution in [2.45, 2.75) is 0 Å². The van der Waals surface area contributed by atoms with Crippen LogP contribution >= 0.6 is 0 Å². The first-order chi connectivity index (χ1) is 23.5. The van der Waals surface area contributed by atoms with Gasteiger partial charge < -0.3 is 4.90 Å². The van der Waals surface area contributed by atoms with Gasteiger partial charge in [0, 0.05) is 52.2 Å². The number of benzene rings is 6. The lowest BCUT2D eigenvalue weighted by atomic mass is 10.0. The first kappa shape index (κ1) is 31.5. The van der Waals surface area contributed by atoms with Crippen molar-refractivity contribution in [1.29, 1.82) is 0 Å². The standard InChI is InChI=1S/C38H19F8N3/c39-24-6-21(7-25(40)13-24)20-2-1-3-32(12-20)49(34-17-30(45)16-31(46)18-34)33-4-5-35-36(19-33)47-38(23-10-28(43)15-29(44)11-23)48-37(35)22-8-26(41)14-27(42)9-22/h1-19H. The second-order valence-electron chi connectivity index (χ2n) is 11.1. The van der Waals surface area contributed by atoms with Gasteiger partial charge in [-0.2, -0.15) is 0 Å². The summed E-state index contributed by atoms with van der Waals surface area (Å²) in [7, 11) is 0. The van der Waals surface area contributed by atoms with E-state index in [0.29, 0.717) is 29.4 Å². The minimum Gasteiger partial charge on any atom is -0.310 e. The van der Waals surface area contributed by atoms with Crippen molar-refractivity contribution in [2.24, 2.45) is 0 Å². The van der Waals surface area contributed by atoms with Crippen LogP contribution in [0.1, 0.15) is 0 Å². The van der Waals surface area contributed by atoms with Gasteiger partial charge in [0.15, 0.2) is 5.82 Å². The first-order valence-corrected chi connectivity index (χ1v) is 14.6. The number of anilines is 3. The molecule has 1 aromatic heterocycles. The highest BCUT2D eigenvalue weighted by Crippen LogP contribution is 2.40. The van der Waals surface area contributed by atoms with Crippen LogP contribution in [0.15, 0.2) is 115 Å². The van der Waals surface area contributed by atoms with Crippen LogP contribution in [0.2, 0.25) is 0 Å². The molecule has 0 bridgehead atoms. The Kier molecular flexibility index (Phi) is 8.03. The zero-order valence-corrected chi connectivity index (χ0v) is 24.8. The summed E-state index contributed by atoms with van der Waals surface area (Å²) in [5.74, 6) is -7.19. The van der Waals surface area contributed by atoms with Crippen LogP contribution in [-0.4, -0.2) is 9.97 Å². The van der Waals surface area contributed by atoms with E-state index in [-0.39, 0.29) is 50.5 Å². The number of rotatable bonds is 6. The molecule has 0 aliphatic heterocycles. The summed E-state index contributed by atoms with van der Waals surface area (Å²) in [6.07, 6.45) is 0. The Morgan fingerprint density at radius 2 is 0.857 bits per heavy atom. The average Bonchev–Trinajstić information content (AvgIpc) is 3.02. The van der Waals surface area contributed by atoms with E-state index in [0.717, 1.165) is 54.6 Å². The molecule has 0 N–H and O–H groups in total. The van der Waals surface area contributed by atoms with Crippen LogP contribution in [0.25, 0.3) is 44.7 Å². The Morgan fingerprint density at radius 1 is 0.367 bits per heavy atom. The molecule has 6 aromatic carbocycles. The highest BCUT2D eigenvalue weighted by atomic mass is 19.2. The summed E-state index contributed by atoms with van der Waals surface area (Å²) >= 11 is 0. The SMILES string of the molecule is Fc1cc(F)cc(-c2cccc(N(c3cc(F)cc(F)c3)c3ccc4c(-c5cc(F)cc(F)c5)nc(-c5cc(F)cc(F)c5)nc4c3)c2)c1. The van der Waals surface area contributed by atoms with E-state index in [1.54, 1.807) is 30.3 Å². The Hall–Kier alpha value is -6.10. The van der Waals surface area contributed by atoms with Gasteiger partial charge in [0.25, 0.3) is 0 Å². The highest BCUT2D eigenvalue weighted by molar-refractivity contribution is 5.96. The van der Waals surface area contributed by atoms with Crippen molar-refractivity contribution < 1.29 is 35.1 Å². The molecule has 0 aliphatic carbocycles. The fourth-order valence-corrected chi connectivity index (χ4v) is 5.64. The molecule has 0 aliphatic rings. The number of hydrogen-bond acceptors (Lipinski definition) is 3. The van der Waals surface area contributed by atoms with Gasteiger partial charge in [0.05, 0.1) is 16.9 Å². The zero-order chi connectivity index (χ0) is 34.4. The molecule has 7 aromatic rings. The van der Waals surface area contributed by atoms with Gasteiger partial charge >= 0.3 is 0 Å². The minimum atomic E-state index is -0.914. The van der Waals surface area contributed by atoms with E-state index in [1.807, 2.05) is 0 Å². The normalized spacial score (nSPS) is 11.3. The smallest absolute Gasteiger partial charge is 0.160 e. The molecule has 11 heteroatoms. The fraction of sp³-hybridized carbons (Fsp3) is 0. The van der Waals surface area contributed by atoms with Gasteiger partial charge in [0.1, 0.15) is 46.5 Å². The van der Waals surface area contributed by atoms with Crippen LogP contribution in [0.3, 0.4) is 0 Å². The van der Waals surface area contributed by atoms with Gasteiger partial charge in [-0.25, -0.2) is 45.1 Å². The van der Waals surface area contributed by atoms with Crippen molar-refractivity contribution in [3.8, 4) is 33.8 Å². The number of halogens is 8. The highest BCUT2D eigenvalue weighted by Gasteiger charge is 2.20. The molecule has 0 saturated heterocycles. The third-order valence-electron chi connectivity index (χ3n) is 7.60. The Balaban J connectivity index is 1.47. The largest absolute Gasteiger partial charge is 0.310 e. The summed E-state index contributed by atoms with van der Waals surface area (Å²) < 4.78 is 115. The molecule has 0 saturated carbocycles. The van der Waals surface area contributed by atoms with E-state index in [1.165, 1.54) is 17.0 Å². The minimum absolute atomic E-state index is 0.00913. The van der Waals surface area contributed by atoms with E-state index < -0.39 is 46.5 Å². The quantitative estimate of drug-likeness (QED) is 0.165. The van der Waals surface area contributed by atoms with Gasteiger partial charge in [0.2, 0.25) is 0 Å². The maximum absolute atomic E-state index is 14.6. The molecule has 0 fully saturated rings. The van der Waals surface area contributed by atoms with Crippen LogP contribution < -0.4 is 4.90 Å². The van der Waals surface area contributed by atoms with E-state index in [4.69, 9.17) is 0 Å². The topological polar surface area (TPSA) is 29.0 Å². The lowest BCUT2D eigenvalue weighted by Gasteiger charge is -2.26.